The van der Waals surface area contributed by atoms with Crippen molar-refractivity contribution >= 4 is 13.9 Å². The van der Waals surface area contributed by atoms with Crippen molar-refractivity contribution in [1.29, 1.82) is 0 Å². The van der Waals surface area contributed by atoms with Gasteiger partial charge in [-0.1, -0.05) is 60.7 Å². The van der Waals surface area contributed by atoms with Gasteiger partial charge >= 0.3 is 13.3 Å². The van der Waals surface area contributed by atoms with Gasteiger partial charge in [-0.2, -0.15) is 8.78 Å². The van der Waals surface area contributed by atoms with Crippen LogP contribution in [-0.2, 0) is 31.6 Å². The van der Waals surface area contributed by atoms with Crippen molar-refractivity contribution in [3.05, 3.63) is 71.8 Å². The molecule has 0 atom stereocenters. The molecule has 2 rings (SSSR count). The third-order valence-electron chi connectivity index (χ3n) is 3.22. The second-order valence-electron chi connectivity index (χ2n) is 5.05. The van der Waals surface area contributed by atoms with Crippen molar-refractivity contribution in [2.24, 2.45) is 0 Å². The Labute approximate surface area is 138 Å². The van der Waals surface area contributed by atoms with E-state index in [-0.39, 0.29) is 19.5 Å². The molecule has 0 aliphatic rings. The van der Waals surface area contributed by atoms with Crippen LogP contribution < -0.4 is 0 Å². The molecule has 0 aliphatic carbocycles. The van der Waals surface area contributed by atoms with Gasteiger partial charge < -0.3 is 4.79 Å². The summed E-state index contributed by atoms with van der Waals surface area (Å²) in [5, 5.41) is 0. The highest BCUT2D eigenvalue weighted by Gasteiger charge is 2.53. The minimum atomic E-state index is -4.83. The first kappa shape index (κ1) is 18.5. The van der Waals surface area contributed by atoms with E-state index in [4.69, 9.17) is 9.05 Å². The monoisotopic (exact) mass is 354 g/mol. The van der Waals surface area contributed by atoms with Crippen LogP contribution in [0.15, 0.2) is 60.7 Å². The Morgan fingerprint density at radius 3 is 1.67 bits per heavy atom. The van der Waals surface area contributed by atoms with Gasteiger partial charge in [0, 0.05) is 0 Å². The van der Waals surface area contributed by atoms with E-state index in [1.165, 1.54) is 0 Å². The zero-order valence-electron chi connectivity index (χ0n) is 12.8. The van der Waals surface area contributed by atoms with Gasteiger partial charge in [0.15, 0.2) is 0 Å². The highest BCUT2D eigenvalue weighted by molar-refractivity contribution is 7.55. The number of rotatable bonds is 9. The molecule has 0 amide bonds. The minimum Gasteiger partial charge on any atom is -0.303 e. The van der Waals surface area contributed by atoms with Gasteiger partial charge in [-0.3, -0.25) is 13.6 Å². The number of benzene rings is 2. The van der Waals surface area contributed by atoms with Crippen LogP contribution in [0.2, 0.25) is 0 Å². The smallest absolute Gasteiger partial charge is 0.303 e. The fraction of sp³-hybridized carbons (Fsp3) is 0.235. The first-order valence-corrected chi connectivity index (χ1v) is 8.80. The predicted molar refractivity (Wildman–Crippen MR) is 85.7 cm³/mol. The summed E-state index contributed by atoms with van der Waals surface area (Å²) in [4.78, 5) is 10.5. The normalized spacial score (nSPS) is 12.1. The van der Waals surface area contributed by atoms with E-state index in [0.29, 0.717) is 11.1 Å². The van der Waals surface area contributed by atoms with Crippen LogP contribution >= 0.6 is 7.60 Å². The molecule has 0 unspecified atom stereocenters. The van der Waals surface area contributed by atoms with Crippen molar-refractivity contribution in [2.45, 2.75) is 25.3 Å². The molecule has 0 aliphatic heterocycles. The average Bonchev–Trinajstić information content (AvgIpc) is 2.60. The Bertz CT molecular complexity index is 645. The molecule has 4 nitrogen and oxygen atoms in total. The SMILES string of the molecule is O=CCC(F)(F)P(=O)(OCc1ccccc1)OCc1ccccc1. The second-order valence-corrected chi connectivity index (χ2v) is 7.22. The van der Waals surface area contributed by atoms with Crippen LogP contribution in [0.1, 0.15) is 17.5 Å². The standard InChI is InChI=1S/C17H17F2O4P/c18-17(19,11-12-20)24(21,22-13-15-7-3-1-4-8-15)23-14-16-9-5-2-6-10-16/h1-10,12H,11,13-14H2. The lowest BCUT2D eigenvalue weighted by atomic mass is 10.2. The maximum absolute atomic E-state index is 14.1. The maximum atomic E-state index is 14.1. The molecule has 7 heteroatoms. The topological polar surface area (TPSA) is 52.6 Å². The van der Waals surface area contributed by atoms with Crippen LogP contribution in [0.25, 0.3) is 0 Å². The molecular formula is C17H17F2O4P. The summed E-state index contributed by atoms with van der Waals surface area (Å²) in [6.07, 6.45) is -1.22. The molecule has 0 aromatic heterocycles. The Hall–Kier alpha value is -1.88. The Kier molecular flexibility index (Phi) is 6.37. The van der Waals surface area contributed by atoms with Gasteiger partial charge in [0.05, 0.1) is 19.6 Å². The largest absolute Gasteiger partial charge is 0.400 e. The molecule has 2 aromatic rings. The Morgan fingerprint density at radius 1 is 0.875 bits per heavy atom. The average molecular weight is 354 g/mol. The van der Waals surface area contributed by atoms with E-state index in [1.807, 2.05) is 0 Å². The van der Waals surface area contributed by atoms with Crippen LogP contribution in [0.3, 0.4) is 0 Å². The number of hydrogen-bond acceptors (Lipinski definition) is 4. The molecule has 0 spiro atoms. The number of aldehydes is 1. The quantitative estimate of drug-likeness (QED) is 0.480. The number of alkyl halides is 2. The number of carbonyl (C=O) groups is 1. The van der Waals surface area contributed by atoms with E-state index in [1.54, 1.807) is 60.7 Å². The van der Waals surface area contributed by atoms with Gasteiger partial charge in [-0.25, -0.2) is 0 Å². The van der Waals surface area contributed by atoms with Crippen molar-refractivity contribution < 1.29 is 27.2 Å². The van der Waals surface area contributed by atoms with E-state index in [2.05, 4.69) is 0 Å². The Balaban J connectivity index is 2.14. The molecule has 0 saturated heterocycles. The van der Waals surface area contributed by atoms with Crippen LogP contribution in [0.4, 0.5) is 8.78 Å². The summed E-state index contributed by atoms with van der Waals surface area (Å²) in [6, 6.07) is 17.0. The minimum absolute atomic E-state index is 0.00437. The molecule has 0 N–H and O–H groups in total. The molecule has 0 fully saturated rings. The molecule has 0 saturated carbocycles. The fourth-order valence-electron chi connectivity index (χ4n) is 1.91. The molecule has 24 heavy (non-hydrogen) atoms. The highest BCUT2D eigenvalue weighted by Crippen LogP contribution is 2.63. The first-order chi connectivity index (χ1) is 11.5. The summed E-state index contributed by atoms with van der Waals surface area (Å²) in [6.45, 7) is -0.608. The zero-order chi connectivity index (χ0) is 17.5. The van der Waals surface area contributed by atoms with Gasteiger partial charge in [-0.05, 0) is 11.1 Å². The van der Waals surface area contributed by atoms with Crippen molar-refractivity contribution in [1.82, 2.24) is 0 Å². The van der Waals surface area contributed by atoms with Crippen LogP contribution in [-0.4, -0.2) is 11.9 Å². The molecular weight excluding hydrogens is 337 g/mol. The third-order valence-corrected chi connectivity index (χ3v) is 5.14. The molecule has 0 heterocycles. The van der Waals surface area contributed by atoms with E-state index >= 15 is 0 Å². The van der Waals surface area contributed by atoms with E-state index in [9.17, 15) is 18.1 Å². The first-order valence-electron chi connectivity index (χ1n) is 7.25. The molecule has 0 radical (unpaired) electrons. The summed E-state index contributed by atoms with van der Waals surface area (Å²) in [5.74, 6) is 0. The number of hydrogen-bond donors (Lipinski definition) is 0. The van der Waals surface area contributed by atoms with Crippen molar-refractivity contribution in [2.75, 3.05) is 0 Å². The third kappa shape index (κ3) is 4.81. The van der Waals surface area contributed by atoms with Gasteiger partial charge in [0.2, 0.25) is 0 Å². The van der Waals surface area contributed by atoms with Crippen LogP contribution in [0, 0.1) is 0 Å². The highest BCUT2D eigenvalue weighted by atomic mass is 31.2. The fourth-order valence-corrected chi connectivity index (χ4v) is 3.29. The lowest BCUT2D eigenvalue weighted by Crippen LogP contribution is -2.21. The summed E-state index contributed by atoms with van der Waals surface area (Å²) < 4.78 is 50.8. The lowest BCUT2D eigenvalue weighted by molar-refractivity contribution is -0.112. The van der Waals surface area contributed by atoms with Gasteiger partial charge in [0.1, 0.15) is 6.29 Å². The Morgan fingerprint density at radius 2 is 1.29 bits per heavy atom. The summed E-state index contributed by atoms with van der Waals surface area (Å²) in [5.41, 5.74) is -2.75. The maximum Gasteiger partial charge on any atom is 0.400 e. The number of halogens is 2. The summed E-state index contributed by atoms with van der Waals surface area (Å²) >= 11 is 0. The molecule has 0 bridgehead atoms. The number of carbonyl (C=O) groups excluding carboxylic acids is 1. The molecule has 128 valence electrons. The van der Waals surface area contributed by atoms with Crippen molar-refractivity contribution in [3.63, 3.8) is 0 Å². The predicted octanol–water partition coefficient (Wildman–Crippen LogP) is 4.79. The lowest BCUT2D eigenvalue weighted by Gasteiger charge is -2.25. The van der Waals surface area contributed by atoms with E-state index < -0.39 is 19.7 Å². The van der Waals surface area contributed by atoms with Crippen molar-refractivity contribution in [3.8, 4) is 0 Å². The zero-order valence-corrected chi connectivity index (χ0v) is 13.7. The second kappa shape index (κ2) is 8.29. The van der Waals surface area contributed by atoms with Gasteiger partial charge in [-0.15, -0.1) is 0 Å². The van der Waals surface area contributed by atoms with Gasteiger partial charge in [0.25, 0.3) is 0 Å². The van der Waals surface area contributed by atoms with E-state index in [0.717, 1.165) is 0 Å². The summed E-state index contributed by atoms with van der Waals surface area (Å²) in [7, 11) is -4.83. The molecule has 2 aromatic carbocycles. The van der Waals surface area contributed by atoms with Crippen LogP contribution in [0.5, 0.6) is 0 Å².